The third-order valence-corrected chi connectivity index (χ3v) is 4.06. The summed E-state index contributed by atoms with van der Waals surface area (Å²) < 4.78 is 0. The zero-order valence-corrected chi connectivity index (χ0v) is 12.1. The molecule has 19 heavy (non-hydrogen) atoms. The zero-order chi connectivity index (χ0) is 13.7. The summed E-state index contributed by atoms with van der Waals surface area (Å²) in [4.78, 5) is 2.40. The Balaban J connectivity index is 2.27. The average Bonchev–Trinajstić information content (AvgIpc) is 2.47. The SMILES string of the molecule is CCNC(C)c1ccccc1N1CCCCC1CO. The Morgan fingerprint density at radius 2 is 2.16 bits per heavy atom. The summed E-state index contributed by atoms with van der Waals surface area (Å²) >= 11 is 0. The first-order valence-electron chi connectivity index (χ1n) is 7.47. The van der Waals surface area contributed by atoms with Crippen LogP contribution >= 0.6 is 0 Å². The van der Waals surface area contributed by atoms with E-state index in [9.17, 15) is 5.11 Å². The van der Waals surface area contributed by atoms with Gasteiger partial charge in [-0.05, 0) is 44.4 Å². The fourth-order valence-corrected chi connectivity index (χ4v) is 3.04. The highest BCUT2D eigenvalue weighted by molar-refractivity contribution is 5.56. The van der Waals surface area contributed by atoms with Crippen LogP contribution in [0.4, 0.5) is 5.69 Å². The highest BCUT2D eigenvalue weighted by atomic mass is 16.3. The number of hydrogen-bond acceptors (Lipinski definition) is 3. The maximum Gasteiger partial charge on any atom is 0.0635 e. The van der Waals surface area contributed by atoms with Gasteiger partial charge in [-0.15, -0.1) is 0 Å². The molecule has 2 rings (SSSR count). The highest BCUT2D eigenvalue weighted by Gasteiger charge is 2.24. The van der Waals surface area contributed by atoms with E-state index in [-0.39, 0.29) is 12.6 Å². The second-order valence-electron chi connectivity index (χ2n) is 5.36. The Morgan fingerprint density at radius 1 is 1.37 bits per heavy atom. The van der Waals surface area contributed by atoms with Gasteiger partial charge in [0.05, 0.1) is 12.6 Å². The van der Waals surface area contributed by atoms with Gasteiger partial charge in [-0.25, -0.2) is 0 Å². The molecule has 1 aromatic carbocycles. The van der Waals surface area contributed by atoms with E-state index in [0.29, 0.717) is 6.04 Å². The lowest BCUT2D eigenvalue weighted by Gasteiger charge is -2.38. The first-order chi connectivity index (χ1) is 9.27. The molecule has 0 aliphatic carbocycles. The molecular formula is C16H26N2O. The number of para-hydroxylation sites is 1. The van der Waals surface area contributed by atoms with Gasteiger partial charge < -0.3 is 15.3 Å². The predicted molar refractivity (Wildman–Crippen MR) is 80.6 cm³/mol. The van der Waals surface area contributed by atoms with Gasteiger partial charge in [-0.1, -0.05) is 25.1 Å². The van der Waals surface area contributed by atoms with Crippen LogP contribution in [0.25, 0.3) is 0 Å². The van der Waals surface area contributed by atoms with Crippen molar-refractivity contribution in [3.63, 3.8) is 0 Å². The molecule has 0 radical (unpaired) electrons. The van der Waals surface area contributed by atoms with E-state index in [1.54, 1.807) is 0 Å². The first kappa shape index (κ1) is 14.4. The molecule has 1 aliphatic rings. The molecule has 0 amide bonds. The summed E-state index contributed by atoms with van der Waals surface area (Å²) in [5.74, 6) is 0. The molecule has 1 saturated heterocycles. The van der Waals surface area contributed by atoms with Crippen molar-refractivity contribution in [1.82, 2.24) is 5.32 Å². The molecule has 1 aliphatic heterocycles. The molecule has 1 fully saturated rings. The minimum Gasteiger partial charge on any atom is -0.394 e. The van der Waals surface area contributed by atoms with Crippen LogP contribution in [0.3, 0.4) is 0 Å². The maximum absolute atomic E-state index is 9.60. The van der Waals surface area contributed by atoms with Crippen molar-refractivity contribution >= 4 is 5.69 Å². The second-order valence-corrected chi connectivity index (χ2v) is 5.36. The summed E-state index contributed by atoms with van der Waals surface area (Å²) in [6.07, 6.45) is 3.55. The van der Waals surface area contributed by atoms with E-state index in [1.807, 2.05) is 0 Å². The Labute approximate surface area is 116 Å². The number of aliphatic hydroxyl groups excluding tert-OH is 1. The van der Waals surface area contributed by atoms with Gasteiger partial charge in [-0.2, -0.15) is 0 Å². The topological polar surface area (TPSA) is 35.5 Å². The normalized spacial score (nSPS) is 21.4. The molecule has 1 aromatic rings. The van der Waals surface area contributed by atoms with Crippen molar-refractivity contribution in [2.45, 2.75) is 45.2 Å². The zero-order valence-electron chi connectivity index (χ0n) is 12.1. The number of nitrogens with one attached hydrogen (secondary N) is 1. The number of hydrogen-bond donors (Lipinski definition) is 2. The average molecular weight is 262 g/mol. The minimum atomic E-state index is 0.254. The quantitative estimate of drug-likeness (QED) is 0.856. The molecule has 2 atom stereocenters. The lowest BCUT2D eigenvalue weighted by atomic mass is 9.98. The van der Waals surface area contributed by atoms with Gasteiger partial charge in [0.1, 0.15) is 0 Å². The van der Waals surface area contributed by atoms with Gasteiger partial charge in [-0.3, -0.25) is 0 Å². The van der Waals surface area contributed by atoms with Gasteiger partial charge in [0.15, 0.2) is 0 Å². The summed E-state index contributed by atoms with van der Waals surface area (Å²) in [6.45, 7) is 6.63. The van der Waals surface area contributed by atoms with Gasteiger partial charge >= 0.3 is 0 Å². The van der Waals surface area contributed by atoms with Crippen molar-refractivity contribution in [3.8, 4) is 0 Å². The molecule has 0 spiro atoms. The molecule has 3 heteroatoms. The van der Waals surface area contributed by atoms with Crippen LogP contribution in [-0.2, 0) is 0 Å². The lowest BCUT2D eigenvalue weighted by Crippen LogP contribution is -2.42. The predicted octanol–water partition coefficient (Wildman–Crippen LogP) is 2.71. The fraction of sp³-hybridized carbons (Fsp3) is 0.625. The Kier molecular flexibility index (Phi) is 5.23. The largest absolute Gasteiger partial charge is 0.394 e. The van der Waals surface area contributed by atoms with E-state index >= 15 is 0 Å². The Hall–Kier alpha value is -1.06. The fourth-order valence-electron chi connectivity index (χ4n) is 3.04. The van der Waals surface area contributed by atoms with Crippen molar-refractivity contribution in [1.29, 1.82) is 0 Å². The van der Waals surface area contributed by atoms with Crippen LogP contribution in [-0.4, -0.2) is 30.8 Å². The van der Waals surface area contributed by atoms with E-state index in [2.05, 4.69) is 48.3 Å². The standard InChI is InChI=1S/C16H26N2O/c1-3-17-13(2)15-9-4-5-10-16(15)18-11-7-6-8-14(18)12-19/h4-5,9-10,13-14,17,19H,3,6-8,11-12H2,1-2H3. The number of piperidine rings is 1. The Morgan fingerprint density at radius 3 is 2.89 bits per heavy atom. The molecule has 2 unspecified atom stereocenters. The first-order valence-corrected chi connectivity index (χ1v) is 7.47. The molecule has 3 nitrogen and oxygen atoms in total. The van der Waals surface area contributed by atoms with Crippen molar-refractivity contribution in [3.05, 3.63) is 29.8 Å². The molecule has 0 bridgehead atoms. The van der Waals surface area contributed by atoms with E-state index in [4.69, 9.17) is 0 Å². The summed E-state index contributed by atoms with van der Waals surface area (Å²) in [5.41, 5.74) is 2.62. The third kappa shape index (κ3) is 3.28. The van der Waals surface area contributed by atoms with Crippen molar-refractivity contribution in [2.75, 3.05) is 24.6 Å². The van der Waals surface area contributed by atoms with Crippen molar-refractivity contribution in [2.24, 2.45) is 0 Å². The lowest BCUT2D eigenvalue weighted by molar-refractivity contribution is 0.240. The highest BCUT2D eigenvalue weighted by Crippen LogP contribution is 2.31. The molecule has 0 saturated carbocycles. The maximum atomic E-state index is 9.60. The van der Waals surface area contributed by atoms with Gasteiger partial charge in [0, 0.05) is 18.3 Å². The summed E-state index contributed by atoms with van der Waals surface area (Å²) in [5, 5.41) is 13.1. The molecule has 106 valence electrons. The smallest absolute Gasteiger partial charge is 0.0635 e. The monoisotopic (exact) mass is 262 g/mol. The third-order valence-electron chi connectivity index (χ3n) is 4.06. The molecule has 1 heterocycles. The van der Waals surface area contributed by atoms with E-state index < -0.39 is 0 Å². The molecule has 0 aromatic heterocycles. The Bertz CT molecular complexity index is 394. The van der Waals surface area contributed by atoms with Crippen LogP contribution in [0.1, 0.15) is 44.7 Å². The number of benzene rings is 1. The second kappa shape index (κ2) is 6.92. The number of rotatable bonds is 5. The van der Waals surface area contributed by atoms with Crippen molar-refractivity contribution < 1.29 is 5.11 Å². The van der Waals surface area contributed by atoms with Crippen LogP contribution in [0, 0.1) is 0 Å². The number of aliphatic hydroxyl groups is 1. The molecule has 2 N–H and O–H groups in total. The van der Waals surface area contributed by atoms with Crippen LogP contribution in [0.2, 0.25) is 0 Å². The van der Waals surface area contributed by atoms with Crippen LogP contribution in [0.5, 0.6) is 0 Å². The van der Waals surface area contributed by atoms with Crippen LogP contribution in [0.15, 0.2) is 24.3 Å². The molecular weight excluding hydrogens is 236 g/mol. The summed E-state index contributed by atoms with van der Waals surface area (Å²) in [6, 6.07) is 9.22. The summed E-state index contributed by atoms with van der Waals surface area (Å²) in [7, 11) is 0. The van der Waals surface area contributed by atoms with Gasteiger partial charge in [0.2, 0.25) is 0 Å². The minimum absolute atomic E-state index is 0.254. The van der Waals surface area contributed by atoms with E-state index in [1.165, 1.54) is 24.1 Å². The number of nitrogens with zero attached hydrogens (tertiary/aromatic N) is 1. The van der Waals surface area contributed by atoms with E-state index in [0.717, 1.165) is 19.5 Å². The number of anilines is 1. The van der Waals surface area contributed by atoms with Gasteiger partial charge in [0.25, 0.3) is 0 Å². The van der Waals surface area contributed by atoms with Crippen LogP contribution < -0.4 is 10.2 Å².